The van der Waals surface area contributed by atoms with Crippen LogP contribution in [0, 0.1) is 6.92 Å². The molecule has 0 atom stereocenters. The number of hydrogen-bond donors (Lipinski definition) is 1. The zero-order valence-corrected chi connectivity index (χ0v) is 10.5. The molecule has 0 bridgehead atoms. The van der Waals surface area contributed by atoms with Gasteiger partial charge in [0, 0.05) is 0 Å². The third kappa shape index (κ3) is 2.39. The summed E-state index contributed by atoms with van der Waals surface area (Å²) >= 11 is 4.21. The summed E-state index contributed by atoms with van der Waals surface area (Å²) in [5.41, 5.74) is 0.604. The maximum absolute atomic E-state index is 11.7. The van der Waals surface area contributed by atoms with Gasteiger partial charge >= 0.3 is 0 Å². The van der Waals surface area contributed by atoms with Crippen LogP contribution in [0.25, 0.3) is 0 Å². The van der Waals surface area contributed by atoms with Gasteiger partial charge in [0.15, 0.2) is 5.82 Å². The lowest BCUT2D eigenvalue weighted by atomic mass is 10.4. The van der Waals surface area contributed by atoms with E-state index in [1.54, 1.807) is 6.92 Å². The van der Waals surface area contributed by atoms with Crippen LogP contribution in [0.5, 0.6) is 0 Å². The van der Waals surface area contributed by atoms with Crippen LogP contribution < -0.4 is 5.32 Å². The molecular weight excluding hydrogens is 294 g/mol. The number of anilines is 1. The molecule has 16 heavy (non-hydrogen) atoms. The zero-order valence-electron chi connectivity index (χ0n) is 8.14. The highest BCUT2D eigenvalue weighted by Gasteiger charge is 2.13. The van der Waals surface area contributed by atoms with Crippen LogP contribution >= 0.6 is 27.5 Å². The summed E-state index contributed by atoms with van der Waals surface area (Å²) in [5, 5.41) is 6.37. The molecule has 0 aliphatic carbocycles. The molecule has 0 spiro atoms. The summed E-state index contributed by atoms with van der Waals surface area (Å²) < 4.78 is 4.30. The summed E-state index contributed by atoms with van der Waals surface area (Å²) in [4.78, 5) is 20.1. The standard InChI is InChI=1S/C8H6BrN5OS/c1-4-7(16-14-13-4)8(15)12-6-3-10-5(9)2-11-6/h2-3H,1H3,(H,11,12,15). The predicted octanol–water partition coefficient (Wildman–Crippen LogP) is 1.65. The van der Waals surface area contributed by atoms with Crippen LogP contribution in [0.1, 0.15) is 15.4 Å². The van der Waals surface area contributed by atoms with Crippen molar-refractivity contribution in [3.63, 3.8) is 0 Å². The fourth-order valence-electron chi connectivity index (χ4n) is 0.990. The molecule has 0 aliphatic rings. The molecule has 6 nitrogen and oxygen atoms in total. The number of halogens is 1. The van der Waals surface area contributed by atoms with Gasteiger partial charge in [-0.25, -0.2) is 9.97 Å². The second kappa shape index (κ2) is 4.62. The number of nitrogens with zero attached hydrogens (tertiary/aromatic N) is 4. The number of aromatic nitrogens is 4. The van der Waals surface area contributed by atoms with E-state index in [2.05, 4.69) is 40.8 Å². The van der Waals surface area contributed by atoms with Crippen molar-refractivity contribution in [2.75, 3.05) is 5.32 Å². The third-order valence-electron chi connectivity index (χ3n) is 1.72. The Balaban J connectivity index is 2.14. The molecule has 8 heteroatoms. The van der Waals surface area contributed by atoms with Crippen LogP contribution in [0.3, 0.4) is 0 Å². The fraction of sp³-hybridized carbons (Fsp3) is 0.125. The van der Waals surface area contributed by atoms with E-state index in [1.165, 1.54) is 12.4 Å². The smallest absolute Gasteiger partial charge is 0.270 e. The first kappa shape index (κ1) is 11.1. The average molecular weight is 300 g/mol. The van der Waals surface area contributed by atoms with Gasteiger partial charge < -0.3 is 5.32 Å². The van der Waals surface area contributed by atoms with Crippen molar-refractivity contribution < 1.29 is 4.79 Å². The van der Waals surface area contributed by atoms with E-state index in [0.29, 0.717) is 21.0 Å². The number of hydrogen-bond acceptors (Lipinski definition) is 6. The highest BCUT2D eigenvalue weighted by molar-refractivity contribution is 9.10. The van der Waals surface area contributed by atoms with Crippen LogP contribution in [-0.4, -0.2) is 25.5 Å². The molecule has 0 saturated carbocycles. The van der Waals surface area contributed by atoms with Gasteiger partial charge in [-0.05, 0) is 34.4 Å². The summed E-state index contributed by atoms with van der Waals surface area (Å²) in [6.45, 7) is 1.73. The SMILES string of the molecule is Cc1nnsc1C(=O)Nc1cnc(Br)cn1. The number of rotatable bonds is 2. The minimum Gasteiger partial charge on any atom is -0.304 e. The lowest BCUT2D eigenvalue weighted by Crippen LogP contribution is -2.12. The van der Waals surface area contributed by atoms with Crippen LogP contribution in [0.4, 0.5) is 5.82 Å². The van der Waals surface area contributed by atoms with E-state index in [4.69, 9.17) is 0 Å². The normalized spacial score (nSPS) is 10.1. The van der Waals surface area contributed by atoms with Crippen LogP contribution in [0.2, 0.25) is 0 Å². The molecule has 0 radical (unpaired) electrons. The molecule has 0 unspecified atom stereocenters. The van der Waals surface area contributed by atoms with Crippen LogP contribution in [-0.2, 0) is 0 Å². The molecule has 0 aromatic carbocycles. The lowest BCUT2D eigenvalue weighted by Gasteiger charge is -2.01. The molecule has 1 amide bonds. The lowest BCUT2D eigenvalue weighted by molar-refractivity contribution is 0.102. The Morgan fingerprint density at radius 2 is 2.25 bits per heavy atom. The zero-order chi connectivity index (χ0) is 11.5. The van der Waals surface area contributed by atoms with Gasteiger partial charge in [-0.15, -0.1) is 5.10 Å². The van der Waals surface area contributed by atoms with Gasteiger partial charge in [0.05, 0.1) is 18.1 Å². The molecule has 1 N–H and O–H groups in total. The Kier molecular flexibility index (Phi) is 3.20. The Morgan fingerprint density at radius 1 is 1.44 bits per heavy atom. The van der Waals surface area contributed by atoms with Gasteiger partial charge in [-0.1, -0.05) is 4.49 Å². The van der Waals surface area contributed by atoms with Gasteiger partial charge in [-0.2, -0.15) is 0 Å². The molecule has 0 saturated heterocycles. The van der Waals surface area contributed by atoms with E-state index in [1.807, 2.05) is 0 Å². The number of carbonyl (C=O) groups is 1. The average Bonchev–Trinajstić information content (AvgIpc) is 2.68. The Hall–Kier alpha value is -1.41. The number of carbonyl (C=O) groups excluding carboxylic acids is 1. The van der Waals surface area contributed by atoms with Crippen molar-refractivity contribution >= 4 is 39.2 Å². The summed E-state index contributed by atoms with van der Waals surface area (Å²) in [7, 11) is 0. The van der Waals surface area contributed by atoms with Crippen molar-refractivity contribution in [3.8, 4) is 0 Å². The minimum atomic E-state index is -0.274. The Bertz CT molecular complexity index is 511. The number of nitrogens with one attached hydrogen (secondary N) is 1. The maximum Gasteiger partial charge on any atom is 0.270 e. The molecule has 2 rings (SSSR count). The van der Waals surface area contributed by atoms with Crippen LogP contribution in [0.15, 0.2) is 17.0 Å². The van der Waals surface area contributed by atoms with Crippen molar-refractivity contribution in [1.82, 2.24) is 19.6 Å². The van der Waals surface area contributed by atoms with E-state index in [-0.39, 0.29) is 5.91 Å². The molecule has 2 aromatic rings. The summed E-state index contributed by atoms with van der Waals surface area (Å²) in [6, 6.07) is 0. The van der Waals surface area contributed by atoms with Gasteiger partial charge in [-0.3, -0.25) is 4.79 Å². The minimum absolute atomic E-state index is 0.274. The quantitative estimate of drug-likeness (QED) is 0.912. The highest BCUT2D eigenvalue weighted by atomic mass is 79.9. The van der Waals surface area contributed by atoms with E-state index in [9.17, 15) is 4.79 Å². The van der Waals surface area contributed by atoms with Crippen molar-refractivity contribution in [2.24, 2.45) is 0 Å². The van der Waals surface area contributed by atoms with E-state index in [0.717, 1.165) is 11.5 Å². The van der Waals surface area contributed by atoms with Gasteiger partial charge in [0.25, 0.3) is 5.91 Å². The van der Waals surface area contributed by atoms with Crippen molar-refractivity contribution in [2.45, 2.75) is 6.92 Å². The Morgan fingerprint density at radius 3 is 2.81 bits per heavy atom. The molecule has 2 heterocycles. The largest absolute Gasteiger partial charge is 0.304 e. The first-order valence-corrected chi connectivity index (χ1v) is 5.81. The second-order valence-electron chi connectivity index (χ2n) is 2.87. The highest BCUT2D eigenvalue weighted by Crippen LogP contribution is 2.12. The molecule has 0 aliphatic heterocycles. The van der Waals surface area contributed by atoms with Gasteiger partial charge in [0.2, 0.25) is 0 Å². The molecular formula is C8H6BrN5OS. The molecule has 82 valence electrons. The predicted molar refractivity (Wildman–Crippen MR) is 62.3 cm³/mol. The topological polar surface area (TPSA) is 80.7 Å². The number of amides is 1. The summed E-state index contributed by atoms with van der Waals surface area (Å²) in [6.07, 6.45) is 2.97. The third-order valence-corrected chi connectivity index (χ3v) is 2.96. The first-order valence-electron chi connectivity index (χ1n) is 4.24. The fourth-order valence-corrected chi connectivity index (χ4v) is 1.75. The monoisotopic (exact) mass is 299 g/mol. The molecule has 2 aromatic heterocycles. The van der Waals surface area contributed by atoms with Gasteiger partial charge in [0.1, 0.15) is 9.48 Å². The maximum atomic E-state index is 11.7. The van der Waals surface area contributed by atoms with E-state index >= 15 is 0 Å². The summed E-state index contributed by atoms with van der Waals surface area (Å²) in [5.74, 6) is 0.116. The van der Waals surface area contributed by atoms with E-state index < -0.39 is 0 Å². The first-order chi connectivity index (χ1) is 7.66. The second-order valence-corrected chi connectivity index (χ2v) is 4.43. The van der Waals surface area contributed by atoms with Crippen molar-refractivity contribution in [3.05, 3.63) is 27.6 Å². The number of aryl methyl sites for hydroxylation is 1. The van der Waals surface area contributed by atoms with Crippen molar-refractivity contribution in [1.29, 1.82) is 0 Å². The molecule has 0 fully saturated rings. The Labute approximate surface area is 103 Å².